The predicted octanol–water partition coefficient (Wildman–Crippen LogP) is 1.34. The Balaban J connectivity index is 2.45. The Labute approximate surface area is 113 Å². The van der Waals surface area contributed by atoms with Gasteiger partial charge in [0.15, 0.2) is 0 Å². The van der Waals surface area contributed by atoms with Gasteiger partial charge in [0.25, 0.3) is 0 Å². The first-order chi connectivity index (χ1) is 9.04. The fourth-order valence-corrected chi connectivity index (χ4v) is 2.92. The molecule has 0 radical (unpaired) electrons. The molecule has 6 heteroatoms. The van der Waals surface area contributed by atoms with E-state index in [4.69, 9.17) is 10.8 Å². The van der Waals surface area contributed by atoms with Crippen molar-refractivity contribution in [1.29, 1.82) is 0 Å². The average molecular weight is 281 g/mol. The number of benzene rings is 1. The van der Waals surface area contributed by atoms with Crippen molar-refractivity contribution in [3.63, 3.8) is 0 Å². The lowest BCUT2D eigenvalue weighted by atomic mass is 9.99. The zero-order chi connectivity index (χ0) is 14.0. The molecule has 0 aliphatic rings. The number of aliphatic hydroxyl groups is 2. The van der Waals surface area contributed by atoms with Crippen LogP contribution in [-0.2, 0) is 0 Å². The number of aliphatic hydroxyl groups excluding tert-OH is 2. The number of hydrogen-bond donors (Lipinski definition) is 4. The molecule has 0 aliphatic heterocycles. The molecule has 0 saturated heterocycles. The van der Waals surface area contributed by atoms with Crippen molar-refractivity contribution in [3.05, 3.63) is 34.7 Å². The minimum Gasteiger partial charge on any atom is -0.477 e. The molecule has 5 N–H and O–H groups in total. The van der Waals surface area contributed by atoms with Crippen LogP contribution in [0.25, 0.3) is 10.1 Å². The summed E-state index contributed by atoms with van der Waals surface area (Å²) in [5.41, 5.74) is 5.88. The van der Waals surface area contributed by atoms with E-state index in [-0.39, 0.29) is 17.8 Å². The van der Waals surface area contributed by atoms with Gasteiger partial charge in [0.1, 0.15) is 11.0 Å². The van der Waals surface area contributed by atoms with E-state index in [9.17, 15) is 15.0 Å². The van der Waals surface area contributed by atoms with E-state index < -0.39 is 18.2 Å². The maximum absolute atomic E-state index is 11.0. The first kappa shape index (κ1) is 14.0. The number of nitrogens with two attached hydrogens (primary N) is 1. The minimum atomic E-state index is -1.07. The molecule has 102 valence electrons. The summed E-state index contributed by atoms with van der Waals surface area (Å²) in [4.78, 5) is 11.2. The largest absolute Gasteiger partial charge is 0.477 e. The smallest absolute Gasteiger partial charge is 0.345 e. The summed E-state index contributed by atoms with van der Waals surface area (Å²) >= 11 is 1.15. The summed E-state index contributed by atoms with van der Waals surface area (Å²) in [6.45, 7) is 0.276. The van der Waals surface area contributed by atoms with Crippen LogP contribution in [0.5, 0.6) is 0 Å². The topological polar surface area (TPSA) is 104 Å². The van der Waals surface area contributed by atoms with E-state index in [1.54, 1.807) is 18.2 Å². The van der Waals surface area contributed by atoms with Crippen molar-refractivity contribution >= 4 is 27.4 Å². The summed E-state index contributed by atoms with van der Waals surface area (Å²) in [5, 5.41) is 29.6. The molecule has 1 heterocycles. The maximum atomic E-state index is 11.0. The second-order valence-corrected chi connectivity index (χ2v) is 5.35. The van der Waals surface area contributed by atoms with E-state index >= 15 is 0 Å². The molecular weight excluding hydrogens is 266 g/mol. The lowest BCUT2D eigenvalue weighted by Gasteiger charge is -2.18. The SMILES string of the molecule is NCCC(O)C(O)c1cccc2sc(C(=O)O)cc12. The Bertz CT molecular complexity index is 595. The quantitative estimate of drug-likeness (QED) is 0.662. The molecule has 2 atom stereocenters. The third kappa shape index (κ3) is 2.76. The highest BCUT2D eigenvalue weighted by atomic mass is 32.1. The van der Waals surface area contributed by atoms with Crippen LogP contribution in [0, 0.1) is 0 Å². The number of carboxylic acids is 1. The summed E-state index contributed by atoms with van der Waals surface area (Å²) < 4.78 is 0.772. The number of rotatable bonds is 5. The number of aromatic carboxylic acids is 1. The van der Waals surface area contributed by atoms with E-state index in [0.29, 0.717) is 10.9 Å². The summed E-state index contributed by atoms with van der Waals surface area (Å²) in [7, 11) is 0. The molecule has 19 heavy (non-hydrogen) atoms. The molecule has 2 aromatic rings. The van der Waals surface area contributed by atoms with Crippen LogP contribution in [0.15, 0.2) is 24.3 Å². The molecule has 0 amide bonds. The Morgan fingerprint density at radius 2 is 2.11 bits per heavy atom. The van der Waals surface area contributed by atoms with E-state index in [0.717, 1.165) is 16.0 Å². The van der Waals surface area contributed by atoms with Crippen molar-refractivity contribution in [1.82, 2.24) is 0 Å². The number of thiophene rings is 1. The third-order valence-electron chi connectivity index (χ3n) is 2.95. The molecule has 0 bridgehead atoms. The molecule has 2 unspecified atom stereocenters. The highest BCUT2D eigenvalue weighted by molar-refractivity contribution is 7.20. The Morgan fingerprint density at radius 1 is 1.37 bits per heavy atom. The number of fused-ring (bicyclic) bond motifs is 1. The molecular formula is C13H15NO4S. The van der Waals surface area contributed by atoms with Crippen LogP contribution in [0.1, 0.15) is 27.8 Å². The van der Waals surface area contributed by atoms with Gasteiger partial charge in [-0.05, 0) is 36.0 Å². The highest BCUT2D eigenvalue weighted by Gasteiger charge is 2.21. The standard InChI is InChI=1S/C13H15NO4S/c14-5-4-9(15)12(16)7-2-1-3-10-8(7)6-11(19-10)13(17)18/h1-3,6,9,12,15-16H,4-5,14H2,(H,17,18). The average Bonchev–Trinajstić information content (AvgIpc) is 2.82. The fourth-order valence-electron chi connectivity index (χ4n) is 1.98. The van der Waals surface area contributed by atoms with E-state index in [1.807, 2.05) is 0 Å². The molecule has 2 rings (SSSR count). The minimum absolute atomic E-state index is 0.211. The fraction of sp³-hybridized carbons (Fsp3) is 0.308. The predicted molar refractivity (Wildman–Crippen MR) is 73.4 cm³/mol. The lowest BCUT2D eigenvalue weighted by Crippen LogP contribution is -2.21. The zero-order valence-electron chi connectivity index (χ0n) is 10.1. The van der Waals surface area contributed by atoms with Crippen LogP contribution in [-0.4, -0.2) is 33.9 Å². The summed E-state index contributed by atoms with van der Waals surface area (Å²) in [5.74, 6) is -0.996. The summed E-state index contributed by atoms with van der Waals surface area (Å²) in [6.07, 6.45) is -1.74. The van der Waals surface area contributed by atoms with Crippen molar-refractivity contribution in [2.45, 2.75) is 18.6 Å². The van der Waals surface area contributed by atoms with Gasteiger partial charge in [0, 0.05) is 4.70 Å². The van der Waals surface area contributed by atoms with E-state index in [2.05, 4.69) is 0 Å². The molecule has 1 aromatic heterocycles. The maximum Gasteiger partial charge on any atom is 0.345 e. The van der Waals surface area contributed by atoms with Gasteiger partial charge < -0.3 is 21.1 Å². The van der Waals surface area contributed by atoms with Gasteiger partial charge >= 0.3 is 5.97 Å². The second-order valence-electron chi connectivity index (χ2n) is 4.26. The lowest BCUT2D eigenvalue weighted by molar-refractivity contribution is 0.0159. The van der Waals surface area contributed by atoms with Crippen molar-refractivity contribution in [2.75, 3.05) is 6.54 Å². The van der Waals surface area contributed by atoms with Crippen LogP contribution < -0.4 is 5.73 Å². The van der Waals surface area contributed by atoms with Crippen LogP contribution in [0.3, 0.4) is 0 Å². The number of hydrogen-bond acceptors (Lipinski definition) is 5. The molecule has 0 fully saturated rings. The first-order valence-corrected chi connectivity index (χ1v) is 6.68. The Morgan fingerprint density at radius 3 is 2.74 bits per heavy atom. The normalized spacial score (nSPS) is 14.5. The number of carbonyl (C=O) groups is 1. The van der Waals surface area contributed by atoms with Crippen molar-refractivity contribution < 1.29 is 20.1 Å². The Hall–Kier alpha value is -1.47. The second kappa shape index (κ2) is 5.66. The molecule has 1 aromatic carbocycles. The van der Waals surface area contributed by atoms with Gasteiger partial charge in [0.05, 0.1) is 6.10 Å². The van der Waals surface area contributed by atoms with Gasteiger partial charge in [-0.3, -0.25) is 0 Å². The van der Waals surface area contributed by atoms with Gasteiger partial charge in [-0.1, -0.05) is 12.1 Å². The Kier molecular flexibility index (Phi) is 4.16. The molecule has 0 saturated carbocycles. The first-order valence-electron chi connectivity index (χ1n) is 5.86. The van der Waals surface area contributed by atoms with Crippen LogP contribution >= 0.6 is 11.3 Å². The van der Waals surface area contributed by atoms with Crippen LogP contribution in [0.2, 0.25) is 0 Å². The van der Waals surface area contributed by atoms with Crippen LogP contribution in [0.4, 0.5) is 0 Å². The van der Waals surface area contributed by atoms with E-state index in [1.165, 1.54) is 6.07 Å². The zero-order valence-corrected chi connectivity index (χ0v) is 10.9. The van der Waals surface area contributed by atoms with Gasteiger partial charge in [-0.2, -0.15) is 0 Å². The molecule has 5 nitrogen and oxygen atoms in total. The third-order valence-corrected chi connectivity index (χ3v) is 4.04. The monoisotopic (exact) mass is 281 g/mol. The van der Waals surface area contributed by atoms with Gasteiger partial charge in [-0.15, -0.1) is 11.3 Å². The summed E-state index contributed by atoms with van der Waals surface area (Å²) in [6, 6.07) is 6.73. The van der Waals surface area contributed by atoms with Gasteiger partial charge in [0.2, 0.25) is 0 Å². The van der Waals surface area contributed by atoms with Gasteiger partial charge in [-0.25, -0.2) is 4.79 Å². The highest BCUT2D eigenvalue weighted by Crippen LogP contribution is 2.32. The molecule has 0 aliphatic carbocycles. The number of carboxylic acid groups (broad SMARTS) is 1. The molecule has 0 spiro atoms. The van der Waals surface area contributed by atoms with Crippen molar-refractivity contribution in [2.24, 2.45) is 5.73 Å². The van der Waals surface area contributed by atoms with Crippen molar-refractivity contribution in [3.8, 4) is 0 Å².